The van der Waals surface area contributed by atoms with Gasteiger partial charge in [-0.2, -0.15) is 0 Å². The van der Waals surface area contributed by atoms with Gasteiger partial charge in [-0.05, 0) is 20.4 Å². The van der Waals surface area contributed by atoms with Crippen LogP contribution in [0.1, 0.15) is 27.2 Å². The third-order valence-electron chi connectivity index (χ3n) is 1.59. The molecule has 0 rings (SSSR count). The highest BCUT2D eigenvalue weighted by atomic mass is 16.1. The van der Waals surface area contributed by atoms with Crippen molar-refractivity contribution in [3.8, 4) is 12.3 Å². The van der Waals surface area contributed by atoms with E-state index in [1.54, 1.807) is 13.8 Å². The zero-order chi connectivity index (χ0) is 10.3. The Hall–Kier alpha value is -1.01. The highest BCUT2D eigenvalue weighted by Crippen LogP contribution is 1.98. The van der Waals surface area contributed by atoms with Gasteiger partial charge in [0.05, 0.1) is 5.54 Å². The van der Waals surface area contributed by atoms with E-state index in [1.165, 1.54) is 0 Å². The maximum atomic E-state index is 11.2. The fraction of sp³-hybridized carbons (Fsp3) is 0.700. The summed E-state index contributed by atoms with van der Waals surface area (Å²) in [6.07, 6.45) is 5.70. The molecule has 0 unspecified atom stereocenters. The standard InChI is InChI=1S/C10H18N2O/c1-5-10(3,4)12-9(13)7-8-11-6-2/h1,11H,6-8H2,2-4H3,(H,12,13). The van der Waals surface area contributed by atoms with E-state index < -0.39 is 5.54 Å². The van der Waals surface area contributed by atoms with Crippen molar-refractivity contribution in [2.45, 2.75) is 32.7 Å². The van der Waals surface area contributed by atoms with Crippen LogP contribution in [-0.2, 0) is 4.79 Å². The Morgan fingerprint density at radius 3 is 2.62 bits per heavy atom. The molecule has 74 valence electrons. The molecule has 0 aliphatic carbocycles. The molecule has 0 aromatic carbocycles. The predicted molar refractivity (Wildman–Crippen MR) is 54.2 cm³/mol. The molecule has 0 aliphatic heterocycles. The highest BCUT2D eigenvalue weighted by molar-refractivity contribution is 5.77. The number of amides is 1. The molecule has 0 radical (unpaired) electrons. The van der Waals surface area contributed by atoms with Gasteiger partial charge < -0.3 is 10.6 Å². The van der Waals surface area contributed by atoms with Crippen LogP contribution in [0.2, 0.25) is 0 Å². The second kappa shape index (κ2) is 5.60. The molecule has 0 aliphatic rings. The van der Waals surface area contributed by atoms with Crippen LogP contribution in [0.5, 0.6) is 0 Å². The quantitative estimate of drug-likeness (QED) is 0.480. The third kappa shape index (κ3) is 6.18. The summed E-state index contributed by atoms with van der Waals surface area (Å²) in [5.74, 6) is 2.50. The van der Waals surface area contributed by atoms with Gasteiger partial charge in [0.15, 0.2) is 0 Å². The number of hydrogen-bond acceptors (Lipinski definition) is 2. The Morgan fingerprint density at radius 1 is 1.54 bits per heavy atom. The largest absolute Gasteiger partial charge is 0.340 e. The summed E-state index contributed by atoms with van der Waals surface area (Å²) < 4.78 is 0. The van der Waals surface area contributed by atoms with Gasteiger partial charge in [0, 0.05) is 13.0 Å². The van der Waals surface area contributed by atoms with E-state index in [0.717, 1.165) is 6.54 Å². The van der Waals surface area contributed by atoms with Gasteiger partial charge >= 0.3 is 0 Å². The minimum Gasteiger partial charge on any atom is -0.340 e. The van der Waals surface area contributed by atoms with E-state index >= 15 is 0 Å². The molecule has 1 amide bonds. The Labute approximate surface area is 80.3 Å². The molecule has 0 spiro atoms. The van der Waals surface area contributed by atoms with Gasteiger partial charge in [0.1, 0.15) is 0 Å². The number of rotatable bonds is 5. The van der Waals surface area contributed by atoms with Crippen LogP contribution < -0.4 is 10.6 Å². The van der Waals surface area contributed by atoms with Crippen LogP contribution in [0.4, 0.5) is 0 Å². The Bertz CT molecular complexity index is 203. The minimum absolute atomic E-state index is 0.0103. The van der Waals surface area contributed by atoms with Crippen molar-refractivity contribution in [1.82, 2.24) is 10.6 Å². The average Bonchev–Trinajstić information content (AvgIpc) is 2.04. The van der Waals surface area contributed by atoms with Gasteiger partial charge in [0.25, 0.3) is 0 Å². The molecule has 0 saturated heterocycles. The normalized spacial score (nSPS) is 10.6. The second-order valence-electron chi connectivity index (χ2n) is 3.42. The summed E-state index contributed by atoms with van der Waals surface area (Å²) >= 11 is 0. The molecular formula is C10H18N2O. The Kier molecular flexibility index (Phi) is 5.17. The minimum atomic E-state index is -0.538. The van der Waals surface area contributed by atoms with E-state index in [4.69, 9.17) is 6.42 Å². The van der Waals surface area contributed by atoms with Crippen LogP contribution in [0.3, 0.4) is 0 Å². The molecular weight excluding hydrogens is 164 g/mol. The molecule has 0 fully saturated rings. The van der Waals surface area contributed by atoms with Gasteiger partial charge in [-0.3, -0.25) is 4.79 Å². The first kappa shape index (κ1) is 12.0. The first-order valence-electron chi connectivity index (χ1n) is 4.51. The molecule has 3 nitrogen and oxygen atoms in total. The molecule has 0 bridgehead atoms. The van der Waals surface area contributed by atoms with Crippen molar-refractivity contribution in [2.75, 3.05) is 13.1 Å². The lowest BCUT2D eigenvalue weighted by Gasteiger charge is -2.19. The molecule has 0 aromatic rings. The maximum Gasteiger partial charge on any atom is 0.222 e. The zero-order valence-corrected chi connectivity index (χ0v) is 8.61. The number of carbonyl (C=O) groups is 1. The maximum absolute atomic E-state index is 11.2. The molecule has 0 heterocycles. The number of terminal acetylenes is 1. The monoisotopic (exact) mass is 182 g/mol. The molecule has 2 N–H and O–H groups in total. The van der Waals surface area contributed by atoms with E-state index in [-0.39, 0.29) is 5.91 Å². The summed E-state index contributed by atoms with van der Waals surface area (Å²) in [6, 6.07) is 0. The summed E-state index contributed by atoms with van der Waals surface area (Å²) in [7, 11) is 0. The van der Waals surface area contributed by atoms with Gasteiger partial charge in [-0.1, -0.05) is 12.8 Å². The van der Waals surface area contributed by atoms with Crippen molar-refractivity contribution >= 4 is 5.91 Å². The molecule has 3 heteroatoms. The fourth-order valence-electron chi connectivity index (χ4n) is 0.826. The smallest absolute Gasteiger partial charge is 0.222 e. The van der Waals surface area contributed by atoms with Crippen LogP contribution in [0.15, 0.2) is 0 Å². The molecule has 13 heavy (non-hydrogen) atoms. The van der Waals surface area contributed by atoms with Gasteiger partial charge in [-0.25, -0.2) is 0 Å². The van der Waals surface area contributed by atoms with E-state index in [0.29, 0.717) is 13.0 Å². The molecule has 0 atom stereocenters. The van der Waals surface area contributed by atoms with Crippen molar-refractivity contribution in [3.05, 3.63) is 0 Å². The fourth-order valence-corrected chi connectivity index (χ4v) is 0.826. The van der Waals surface area contributed by atoms with Crippen molar-refractivity contribution in [3.63, 3.8) is 0 Å². The van der Waals surface area contributed by atoms with E-state index in [1.807, 2.05) is 6.92 Å². The van der Waals surface area contributed by atoms with E-state index in [2.05, 4.69) is 16.6 Å². The first-order valence-corrected chi connectivity index (χ1v) is 4.51. The van der Waals surface area contributed by atoms with E-state index in [9.17, 15) is 4.79 Å². The number of nitrogens with one attached hydrogen (secondary N) is 2. The average molecular weight is 182 g/mol. The highest BCUT2D eigenvalue weighted by Gasteiger charge is 2.15. The lowest BCUT2D eigenvalue weighted by Crippen LogP contribution is -2.42. The third-order valence-corrected chi connectivity index (χ3v) is 1.59. The predicted octanol–water partition coefficient (Wildman–Crippen LogP) is 0.514. The first-order chi connectivity index (χ1) is 6.02. The lowest BCUT2D eigenvalue weighted by molar-refractivity contribution is -0.122. The second-order valence-corrected chi connectivity index (χ2v) is 3.42. The van der Waals surface area contributed by atoms with Crippen molar-refractivity contribution in [1.29, 1.82) is 0 Å². The zero-order valence-electron chi connectivity index (χ0n) is 8.61. The van der Waals surface area contributed by atoms with Crippen LogP contribution in [0, 0.1) is 12.3 Å². The Balaban J connectivity index is 3.70. The van der Waals surface area contributed by atoms with Gasteiger partial charge in [0.2, 0.25) is 5.91 Å². The summed E-state index contributed by atoms with van der Waals surface area (Å²) in [6.45, 7) is 7.19. The number of carbonyl (C=O) groups excluding carboxylic acids is 1. The molecule has 0 saturated carbocycles. The molecule has 0 aromatic heterocycles. The van der Waals surface area contributed by atoms with Gasteiger partial charge in [-0.15, -0.1) is 6.42 Å². The van der Waals surface area contributed by atoms with Crippen molar-refractivity contribution in [2.24, 2.45) is 0 Å². The van der Waals surface area contributed by atoms with Crippen LogP contribution in [0.25, 0.3) is 0 Å². The van der Waals surface area contributed by atoms with Crippen molar-refractivity contribution < 1.29 is 4.79 Å². The summed E-state index contributed by atoms with van der Waals surface area (Å²) in [4.78, 5) is 11.2. The van der Waals surface area contributed by atoms with Crippen LogP contribution >= 0.6 is 0 Å². The topological polar surface area (TPSA) is 41.1 Å². The lowest BCUT2D eigenvalue weighted by atomic mass is 10.1. The Morgan fingerprint density at radius 2 is 2.15 bits per heavy atom. The SMILES string of the molecule is C#CC(C)(C)NC(=O)CCNCC. The number of hydrogen-bond donors (Lipinski definition) is 2. The van der Waals surface area contributed by atoms with Crippen LogP contribution in [-0.4, -0.2) is 24.5 Å². The summed E-state index contributed by atoms with van der Waals surface area (Å²) in [5, 5.41) is 5.82. The summed E-state index contributed by atoms with van der Waals surface area (Å²) in [5.41, 5.74) is -0.538.